The van der Waals surface area contributed by atoms with E-state index in [4.69, 9.17) is 4.74 Å². The highest BCUT2D eigenvalue weighted by atomic mass is 16.5. The molecule has 136 valence electrons. The van der Waals surface area contributed by atoms with Crippen molar-refractivity contribution >= 4 is 29.7 Å². The number of piperidine rings is 1. The lowest BCUT2D eigenvalue weighted by Crippen LogP contribution is -2.55. The van der Waals surface area contributed by atoms with Crippen LogP contribution >= 0.6 is 0 Å². The van der Waals surface area contributed by atoms with Crippen molar-refractivity contribution in [3.05, 3.63) is 35.9 Å². The van der Waals surface area contributed by atoms with Crippen LogP contribution in [0.3, 0.4) is 0 Å². The van der Waals surface area contributed by atoms with Gasteiger partial charge < -0.3 is 10.1 Å². The maximum Gasteiger partial charge on any atom is 0.408 e. The van der Waals surface area contributed by atoms with Gasteiger partial charge in [-0.25, -0.2) is 4.79 Å². The first-order chi connectivity index (χ1) is 12.5. The number of likely N-dealkylation sites (tertiary alicyclic amines) is 1. The minimum atomic E-state index is -1.09. The molecule has 2 saturated heterocycles. The average molecular weight is 359 g/mol. The van der Waals surface area contributed by atoms with Crippen LogP contribution in [0, 0.1) is 0 Å². The highest BCUT2D eigenvalue weighted by Gasteiger charge is 2.46. The van der Waals surface area contributed by atoms with Crippen LogP contribution in [0.5, 0.6) is 0 Å². The number of hydrogen-bond donors (Lipinski definition) is 2. The largest absolute Gasteiger partial charge is 0.445 e. The van der Waals surface area contributed by atoms with Crippen LogP contribution in [0.25, 0.3) is 0 Å². The predicted octanol–water partition coefficient (Wildman–Crippen LogP) is -0.155. The summed E-state index contributed by atoms with van der Waals surface area (Å²) in [6.45, 7) is 0.0262. The smallest absolute Gasteiger partial charge is 0.408 e. The molecule has 0 spiro atoms. The van der Waals surface area contributed by atoms with Crippen molar-refractivity contribution < 1.29 is 28.7 Å². The summed E-state index contributed by atoms with van der Waals surface area (Å²) in [7, 11) is 0. The van der Waals surface area contributed by atoms with Crippen LogP contribution in [0.15, 0.2) is 30.3 Å². The summed E-state index contributed by atoms with van der Waals surface area (Å²) in [6.07, 6.45) is -0.959. The maximum absolute atomic E-state index is 12.4. The quantitative estimate of drug-likeness (QED) is 0.721. The Bertz CT molecular complexity index is 763. The lowest BCUT2D eigenvalue weighted by Gasteiger charge is -2.28. The van der Waals surface area contributed by atoms with Gasteiger partial charge in [-0.1, -0.05) is 30.3 Å². The molecule has 1 aromatic rings. The van der Waals surface area contributed by atoms with Gasteiger partial charge in [0.15, 0.2) is 0 Å². The Hall–Kier alpha value is -3.23. The first kappa shape index (κ1) is 17.6. The van der Waals surface area contributed by atoms with E-state index in [1.54, 1.807) is 24.3 Å². The van der Waals surface area contributed by atoms with Gasteiger partial charge in [-0.2, -0.15) is 0 Å². The van der Waals surface area contributed by atoms with Gasteiger partial charge >= 0.3 is 6.09 Å². The van der Waals surface area contributed by atoms with Crippen molar-refractivity contribution in [1.82, 2.24) is 15.5 Å². The van der Waals surface area contributed by atoms with Gasteiger partial charge in [0.05, 0.1) is 6.42 Å². The summed E-state index contributed by atoms with van der Waals surface area (Å²) in [5.74, 6) is -2.38. The molecule has 9 nitrogen and oxygen atoms in total. The Morgan fingerprint density at radius 1 is 1.19 bits per heavy atom. The third-order valence-corrected chi connectivity index (χ3v) is 4.21. The first-order valence-corrected chi connectivity index (χ1v) is 8.12. The van der Waals surface area contributed by atoms with Gasteiger partial charge in [-0.15, -0.1) is 0 Å². The molecule has 2 aliphatic rings. The van der Waals surface area contributed by atoms with E-state index in [1.807, 2.05) is 6.07 Å². The fourth-order valence-corrected chi connectivity index (χ4v) is 2.93. The van der Waals surface area contributed by atoms with Gasteiger partial charge in [0.25, 0.3) is 5.91 Å². The third-order valence-electron chi connectivity index (χ3n) is 4.21. The molecule has 1 aromatic carbocycles. The van der Waals surface area contributed by atoms with Crippen LogP contribution in [-0.2, 0) is 30.5 Å². The molecule has 9 heteroatoms. The molecule has 2 heterocycles. The van der Waals surface area contributed by atoms with Crippen molar-refractivity contribution in [2.75, 3.05) is 0 Å². The molecule has 26 heavy (non-hydrogen) atoms. The molecule has 0 aromatic heterocycles. The van der Waals surface area contributed by atoms with Gasteiger partial charge in [-0.05, 0) is 12.0 Å². The summed E-state index contributed by atoms with van der Waals surface area (Å²) in [5.41, 5.74) is 0.779. The number of alkyl carbamates (subject to hydrolysis) is 1. The van der Waals surface area contributed by atoms with Crippen molar-refractivity contribution in [3.8, 4) is 0 Å². The van der Waals surface area contributed by atoms with Crippen LogP contribution in [0.2, 0.25) is 0 Å². The molecule has 3 rings (SSSR count). The van der Waals surface area contributed by atoms with Crippen molar-refractivity contribution in [3.63, 3.8) is 0 Å². The minimum Gasteiger partial charge on any atom is -0.445 e. The van der Waals surface area contributed by atoms with Gasteiger partial charge in [0.2, 0.25) is 17.7 Å². The summed E-state index contributed by atoms with van der Waals surface area (Å²) in [6, 6.07) is 6.87. The van der Waals surface area contributed by atoms with E-state index >= 15 is 0 Å². The maximum atomic E-state index is 12.4. The SMILES string of the molecule is O=C1CCC(N2C(=O)CC(NC(=O)OCc3ccccc3)C2=O)C(=O)N1. The van der Waals surface area contributed by atoms with E-state index in [-0.39, 0.29) is 25.9 Å². The Kier molecular flexibility index (Phi) is 4.97. The van der Waals surface area contributed by atoms with E-state index in [0.29, 0.717) is 0 Å². The second kappa shape index (κ2) is 7.34. The molecule has 0 radical (unpaired) electrons. The lowest BCUT2D eigenvalue weighted by molar-refractivity contribution is -0.150. The highest BCUT2D eigenvalue weighted by molar-refractivity contribution is 6.11. The number of ether oxygens (including phenoxy) is 1. The van der Waals surface area contributed by atoms with Gasteiger partial charge in [-0.3, -0.25) is 29.4 Å². The van der Waals surface area contributed by atoms with E-state index in [0.717, 1.165) is 10.5 Å². The minimum absolute atomic E-state index is 0.0262. The van der Waals surface area contributed by atoms with Crippen molar-refractivity contribution in [2.24, 2.45) is 0 Å². The van der Waals surface area contributed by atoms with Gasteiger partial charge in [0, 0.05) is 6.42 Å². The molecule has 0 aliphatic carbocycles. The Morgan fingerprint density at radius 3 is 2.62 bits per heavy atom. The Morgan fingerprint density at radius 2 is 1.92 bits per heavy atom. The molecule has 5 amide bonds. The summed E-state index contributed by atoms with van der Waals surface area (Å²) >= 11 is 0. The number of benzene rings is 1. The topological polar surface area (TPSA) is 122 Å². The number of amides is 5. The summed E-state index contributed by atoms with van der Waals surface area (Å²) in [4.78, 5) is 60.3. The van der Waals surface area contributed by atoms with Crippen molar-refractivity contribution in [2.45, 2.75) is 38.0 Å². The van der Waals surface area contributed by atoms with Crippen LogP contribution in [-0.4, -0.2) is 46.7 Å². The van der Waals surface area contributed by atoms with Crippen LogP contribution in [0.1, 0.15) is 24.8 Å². The molecule has 2 fully saturated rings. The fraction of sp³-hybridized carbons (Fsp3) is 0.353. The number of nitrogens with zero attached hydrogens (tertiary/aromatic N) is 1. The average Bonchev–Trinajstić information content (AvgIpc) is 2.88. The number of nitrogens with one attached hydrogen (secondary N) is 2. The van der Waals surface area contributed by atoms with Crippen molar-refractivity contribution in [1.29, 1.82) is 0 Å². The lowest BCUT2D eigenvalue weighted by atomic mass is 10.0. The first-order valence-electron chi connectivity index (χ1n) is 8.12. The van der Waals surface area contributed by atoms with E-state index in [9.17, 15) is 24.0 Å². The van der Waals surface area contributed by atoms with E-state index in [2.05, 4.69) is 10.6 Å². The van der Waals surface area contributed by atoms with E-state index in [1.165, 1.54) is 0 Å². The molecular weight excluding hydrogens is 342 g/mol. The van der Waals surface area contributed by atoms with E-state index < -0.39 is 41.8 Å². The summed E-state index contributed by atoms with van der Waals surface area (Å²) < 4.78 is 5.03. The van der Waals surface area contributed by atoms with Crippen LogP contribution in [0.4, 0.5) is 4.79 Å². The molecule has 2 atom stereocenters. The Labute approximate surface area is 148 Å². The zero-order valence-electron chi connectivity index (χ0n) is 13.8. The zero-order chi connectivity index (χ0) is 18.7. The molecular formula is C17H17N3O6. The molecule has 2 unspecified atom stereocenters. The molecule has 2 N–H and O–H groups in total. The Balaban J connectivity index is 1.57. The standard InChI is InChI=1S/C17H17N3O6/c21-13-7-6-12(15(23)19-13)20-14(22)8-11(16(20)24)18-17(25)26-9-10-4-2-1-3-5-10/h1-5,11-12H,6-9H2,(H,18,25)(H,19,21,23). The predicted molar refractivity (Wildman–Crippen MR) is 86.2 cm³/mol. The molecule has 0 saturated carbocycles. The number of imide groups is 2. The second-order valence-corrected chi connectivity index (χ2v) is 6.03. The zero-order valence-corrected chi connectivity index (χ0v) is 13.8. The number of carbonyl (C=O) groups is 5. The normalized spacial score (nSPS) is 23.0. The van der Waals surface area contributed by atoms with Crippen LogP contribution < -0.4 is 10.6 Å². The second-order valence-electron chi connectivity index (χ2n) is 6.03. The number of carbonyl (C=O) groups excluding carboxylic acids is 5. The van der Waals surface area contributed by atoms with Gasteiger partial charge in [0.1, 0.15) is 18.7 Å². The number of hydrogen-bond acceptors (Lipinski definition) is 6. The molecule has 0 bridgehead atoms. The summed E-state index contributed by atoms with van der Waals surface area (Å²) in [5, 5.41) is 4.46. The number of rotatable bonds is 4. The third kappa shape index (κ3) is 3.71. The fourth-order valence-electron chi connectivity index (χ4n) is 2.93. The monoisotopic (exact) mass is 359 g/mol. The highest BCUT2D eigenvalue weighted by Crippen LogP contribution is 2.21. The molecule has 2 aliphatic heterocycles.